The topological polar surface area (TPSA) is 32.3 Å². The van der Waals surface area contributed by atoms with Crippen LogP contribution in [-0.2, 0) is 11.2 Å². The Balaban J connectivity index is 2.57. The van der Waals surface area contributed by atoms with E-state index in [1.807, 2.05) is 14.1 Å². The Morgan fingerprint density at radius 2 is 1.72 bits per heavy atom. The lowest BCUT2D eigenvalue weighted by Crippen LogP contribution is -2.32. The molecule has 0 heterocycles. The minimum atomic E-state index is 0.100. The van der Waals surface area contributed by atoms with Crippen LogP contribution in [0.1, 0.15) is 22.3 Å². The number of likely N-dealkylation sites (N-methyl/N-ethyl adjacent to an activating group) is 1. The quantitative estimate of drug-likeness (QED) is 0.862. The van der Waals surface area contributed by atoms with Crippen LogP contribution in [0.4, 0.5) is 0 Å². The SMILES string of the molecule is Cc1cc(C)c(CC(=O)NCCN(C)C)cc1C. The predicted molar refractivity (Wildman–Crippen MR) is 75.9 cm³/mol. The molecule has 0 atom stereocenters. The minimum Gasteiger partial charge on any atom is -0.355 e. The summed E-state index contributed by atoms with van der Waals surface area (Å²) < 4.78 is 0. The molecule has 0 bridgehead atoms. The van der Waals surface area contributed by atoms with Gasteiger partial charge in [-0.05, 0) is 57.1 Å². The summed E-state index contributed by atoms with van der Waals surface area (Å²) in [6, 6.07) is 4.27. The van der Waals surface area contributed by atoms with E-state index in [1.54, 1.807) is 0 Å². The molecule has 1 N–H and O–H groups in total. The highest BCUT2D eigenvalue weighted by molar-refractivity contribution is 5.79. The number of amides is 1. The number of aryl methyl sites for hydroxylation is 3. The summed E-state index contributed by atoms with van der Waals surface area (Å²) in [5.74, 6) is 0.100. The second-order valence-corrected chi connectivity index (χ2v) is 5.19. The van der Waals surface area contributed by atoms with Crippen molar-refractivity contribution in [3.05, 3.63) is 34.4 Å². The molecule has 100 valence electrons. The average molecular weight is 248 g/mol. The van der Waals surface area contributed by atoms with E-state index in [4.69, 9.17) is 0 Å². The Morgan fingerprint density at radius 3 is 2.33 bits per heavy atom. The van der Waals surface area contributed by atoms with Gasteiger partial charge in [0.2, 0.25) is 5.91 Å². The van der Waals surface area contributed by atoms with Gasteiger partial charge in [-0.1, -0.05) is 12.1 Å². The number of rotatable bonds is 5. The highest BCUT2D eigenvalue weighted by Gasteiger charge is 2.07. The van der Waals surface area contributed by atoms with Crippen molar-refractivity contribution >= 4 is 5.91 Å². The first-order valence-corrected chi connectivity index (χ1v) is 6.38. The maximum Gasteiger partial charge on any atom is 0.224 e. The van der Waals surface area contributed by atoms with Crippen LogP contribution in [0.3, 0.4) is 0 Å². The van der Waals surface area contributed by atoms with Crippen LogP contribution in [0.5, 0.6) is 0 Å². The van der Waals surface area contributed by atoms with Crippen LogP contribution in [0, 0.1) is 20.8 Å². The Bertz CT molecular complexity index is 425. The Kier molecular flexibility index (Phi) is 5.35. The third-order valence-corrected chi connectivity index (χ3v) is 3.18. The number of nitrogens with zero attached hydrogens (tertiary/aromatic N) is 1. The molecule has 3 nitrogen and oxygen atoms in total. The Hall–Kier alpha value is -1.35. The molecule has 0 unspecified atom stereocenters. The van der Waals surface area contributed by atoms with E-state index in [0.29, 0.717) is 13.0 Å². The smallest absolute Gasteiger partial charge is 0.224 e. The van der Waals surface area contributed by atoms with Crippen molar-refractivity contribution in [2.75, 3.05) is 27.2 Å². The molecule has 0 saturated carbocycles. The molecular weight excluding hydrogens is 224 g/mol. The Labute approximate surface area is 110 Å². The largest absolute Gasteiger partial charge is 0.355 e. The zero-order chi connectivity index (χ0) is 13.7. The fourth-order valence-corrected chi connectivity index (χ4v) is 1.87. The molecule has 3 heteroatoms. The zero-order valence-electron chi connectivity index (χ0n) is 12.1. The lowest BCUT2D eigenvalue weighted by atomic mass is 9.98. The van der Waals surface area contributed by atoms with Crippen molar-refractivity contribution in [2.24, 2.45) is 0 Å². The number of nitrogens with one attached hydrogen (secondary N) is 1. The molecule has 1 amide bonds. The van der Waals surface area contributed by atoms with E-state index >= 15 is 0 Å². The van der Waals surface area contributed by atoms with Crippen LogP contribution in [0.15, 0.2) is 12.1 Å². The van der Waals surface area contributed by atoms with Crippen molar-refractivity contribution in [3.8, 4) is 0 Å². The number of hydrogen-bond donors (Lipinski definition) is 1. The van der Waals surface area contributed by atoms with Gasteiger partial charge < -0.3 is 10.2 Å². The molecule has 1 aromatic rings. The number of hydrogen-bond acceptors (Lipinski definition) is 2. The summed E-state index contributed by atoms with van der Waals surface area (Å²) in [6.07, 6.45) is 0.473. The van der Waals surface area contributed by atoms with Crippen LogP contribution in [0.2, 0.25) is 0 Å². The fourth-order valence-electron chi connectivity index (χ4n) is 1.87. The second kappa shape index (κ2) is 6.55. The monoisotopic (exact) mass is 248 g/mol. The molecule has 0 aliphatic heterocycles. The third kappa shape index (κ3) is 4.49. The average Bonchev–Trinajstić information content (AvgIpc) is 2.25. The predicted octanol–water partition coefficient (Wildman–Crippen LogP) is 1.83. The molecule has 0 aromatic heterocycles. The van der Waals surface area contributed by atoms with Crippen molar-refractivity contribution < 1.29 is 4.79 Å². The first-order chi connectivity index (χ1) is 8.40. The molecular formula is C15H24N2O. The fraction of sp³-hybridized carbons (Fsp3) is 0.533. The molecule has 18 heavy (non-hydrogen) atoms. The molecule has 0 saturated heterocycles. The number of benzene rings is 1. The molecule has 1 aromatic carbocycles. The summed E-state index contributed by atoms with van der Waals surface area (Å²) >= 11 is 0. The van der Waals surface area contributed by atoms with E-state index in [9.17, 15) is 4.79 Å². The van der Waals surface area contributed by atoms with Gasteiger partial charge in [0, 0.05) is 13.1 Å². The van der Waals surface area contributed by atoms with E-state index in [-0.39, 0.29) is 5.91 Å². The van der Waals surface area contributed by atoms with E-state index in [0.717, 1.165) is 12.1 Å². The van der Waals surface area contributed by atoms with Crippen LogP contribution < -0.4 is 5.32 Å². The second-order valence-electron chi connectivity index (χ2n) is 5.19. The van der Waals surface area contributed by atoms with Gasteiger partial charge in [-0.2, -0.15) is 0 Å². The van der Waals surface area contributed by atoms with E-state index in [2.05, 4.69) is 43.1 Å². The number of carbonyl (C=O) groups is 1. The summed E-state index contributed by atoms with van der Waals surface area (Å²) in [4.78, 5) is 13.9. The van der Waals surface area contributed by atoms with Gasteiger partial charge in [-0.25, -0.2) is 0 Å². The van der Waals surface area contributed by atoms with Gasteiger partial charge in [0.25, 0.3) is 0 Å². The highest BCUT2D eigenvalue weighted by Crippen LogP contribution is 2.15. The van der Waals surface area contributed by atoms with Gasteiger partial charge in [-0.15, -0.1) is 0 Å². The number of carbonyl (C=O) groups excluding carboxylic acids is 1. The van der Waals surface area contributed by atoms with Gasteiger partial charge in [0.05, 0.1) is 6.42 Å². The van der Waals surface area contributed by atoms with Crippen LogP contribution >= 0.6 is 0 Å². The summed E-state index contributed by atoms with van der Waals surface area (Å²) in [5, 5.41) is 2.94. The van der Waals surface area contributed by atoms with Crippen molar-refractivity contribution in [2.45, 2.75) is 27.2 Å². The maximum atomic E-state index is 11.8. The van der Waals surface area contributed by atoms with Crippen LogP contribution in [-0.4, -0.2) is 38.0 Å². The minimum absolute atomic E-state index is 0.100. The first-order valence-electron chi connectivity index (χ1n) is 6.38. The molecule has 0 radical (unpaired) electrons. The summed E-state index contributed by atoms with van der Waals surface area (Å²) in [7, 11) is 4.00. The Morgan fingerprint density at radius 1 is 1.11 bits per heavy atom. The van der Waals surface area contributed by atoms with E-state index in [1.165, 1.54) is 16.7 Å². The standard InChI is InChI=1S/C15H24N2O/c1-11-8-13(3)14(9-12(11)2)10-15(18)16-6-7-17(4)5/h8-9H,6-7,10H2,1-5H3,(H,16,18). The maximum absolute atomic E-state index is 11.8. The molecule has 0 spiro atoms. The van der Waals surface area contributed by atoms with Crippen molar-refractivity contribution in [1.82, 2.24) is 10.2 Å². The zero-order valence-corrected chi connectivity index (χ0v) is 12.1. The normalized spacial score (nSPS) is 10.8. The van der Waals surface area contributed by atoms with Gasteiger partial charge >= 0.3 is 0 Å². The highest BCUT2D eigenvalue weighted by atomic mass is 16.1. The third-order valence-electron chi connectivity index (χ3n) is 3.18. The lowest BCUT2D eigenvalue weighted by Gasteiger charge is -2.12. The summed E-state index contributed by atoms with van der Waals surface area (Å²) in [6.45, 7) is 7.83. The lowest BCUT2D eigenvalue weighted by molar-refractivity contribution is -0.120. The van der Waals surface area contributed by atoms with Gasteiger partial charge in [0.1, 0.15) is 0 Å². The van der Waals surface area contributed by atoms with Gasteiger partial charge in [0.15, 0.2) is 0 Å². The molecule has 0 aliphatic rings. The molecule has 0 fully saturated rings. The first kappa shape index (κ1) is 14.7. The van der Waals surface area contributed by atoms with Crippen molar-refractivity contribution in [3.63, 3.8) is 0 Å². The van der Waals surface area contributed by atoms with Crippen LogP contribution in [0.25, 0.3) is 0 Å². The molecule has 1 rings (SSSR count). The molecule has 0 aliphatic carbocycles. The van der Waals surface area contributed by atoms with Crippen molar-refractivity contribution in [1.29, 1.82) is 0 Å². The summed E-state index contributed by atoms with van der Waals surface area (Å²) in [5.41, 5.74) is 4.85. The van der Waals surface area contributed by atoms with Gasteiger partial charge in [-0.3, -0.25) is 4.79 Å². The van der Waals surface area contributed by atoms with E-state index < -0.39 is 0 Å².